The Kier molecular flexibility index (Phi) is 5.77. The molecule has 0 radical (unpaired) electrons. The number of para-hydroxylation sites is 1. The summed E-state index contributed by atoms with van der Waals surface area (Å²) >= 11 is 0. The molecule has 0 bridgehead atoms. The Bertz CT molecular complexity index is 539. The third kappa shape index (κ3) is 4.73. The van der Waals surface area contributed by atoms with Gasteiger partial charge in [0.15, 0.2) is 11.6 Å². The van der Waals surface area contributed by atoms with Gasteiger partial charge in [-0.15, -0.1) is 0 Å². The number of amidine groups is 1. The Balaban J connectivity index is 1.72. The van der Waals surface area contributed by atoms with Crippen LogP contribution < -0.4 is 10.5 Å². The zero-order valence-corrected chi connectivity index (χ0v) is 13.0. The minimum Gasteiger partial charge on any atom is -0.489 e. The third-order valence-electron chi connectivity index (χ3n) is 3.64. The minimum absolute atomic E-state index is 0.311. The molecule has 0 spiro atoms. The zero-order valence-electron chi connectivity index (χ0n) is 13.0. The second-order valence-corrected chi connectivity index (χ2v) is 5.26. The van der Waals surface area contributed by atoms with Crippen molar-refractivity contribution in [2.45, 2.75) is 6.92 Å². The van der Waals surface area contributed by atoms with Crippen LogP contribution in [0.1, 0.15) is 6.92 Å². The zero-order chi connectivity index (χ0) is 15.9. The van der Waals surface area contributed by atoms with Gasteiger partial charge in [-0.3, -0.25) is 4.90 Å². The van der Waals surface area contributed by atoms with Crippen molar-refractivity contribution in [2.75, 3.05) is 39.3 Å². The molecule has 1 aromatic rings. The van der Waals surface area contributed by atoms with Crippen LogP contribution in [0.4, 0.5) is 4.39 Å². The number of rotatable bonds is 5. The topological polar surface area (TPSA) is 54.1 Å². The van der Waals surface area contributed by atoms with Gasteiger partial charge in [0.05, 0.1) is 0 Å². The number of hydrogen-bond acceptors (Lipinski definition) is 4. The summed E-state index contributed by atoms with van der Waals surface area (Å²) in [7, 11) is 0. The summed E-state index contributed by atoms with van der Waals surface area (Å²) in [5.74, 6) is 1.22. The van der Waals surface area contributed by atoms with Crippen LogP contribution in [-0.4, -0.2) is 55.0 Å². The highest BCUT2D eigenvalue weighted by Gasteiger charge is 2.17. The molecule has 5 nitrogen and oxygen atoms in total. The van der Waals surface area contributed by atoms with E-state index in [-0.39, 0.29) is 5.82 Å². The van der Waals surface area contributed by atoms with Crippen LogP contribution in [0.25, 0.3) is 0 Å². The third-order valence-corrected chi connectivity index (χ3v) is 3.64. The van der Waals surface area contributed by atoms with E-state index in [4.69, 9.17) is 10.5 Å². The highest BCUT2D eigenvalue weighted by molar-refractivity contribution is 5.80. The van der Waals surface area contributed by atoms with Crippen LogP contribution in [0, 0.1) is 5.82 Å². The highest BCUT2D eigenvalue weighted by atomic mass is 19.1. The molecule has 1 fully saturated rings. The van der Waals surface area contributed by atoms with Gasteiger partial charge in [0.1, 0.15) is 18.3 Å². The first kappa shape index (κ1) is 16.3. The fourth-order valence-electron chi connectivity index (χ4n) is 2.42. The first-order valence-electron chi connectivity index (χ1n) is 7.40. The minimum atomic E-state index is -0.318. The van der Waals surface area contributed by atoms with E-state index >= 15 is 0 Å². The summed E-state index contributed by atoms with van der Waals surface area (Å²) in [5, 5.41) is 0. The monoisotopic (exact) mass is 306 g/mol. The summed E-state index contributed by atoms with van der Waals surface area (Å²) in [6.07, 6.45) is 0. The molecule has 0 aromatic heterocycles. The summed E-state index contributed by atoms with van der Waals surface area (Å²) < 4.78 is 18.9. The Morgan fingerprint density at radius 3 is 2.64 bits per heavy atom. The summed E-state index contributed by atoms with van der Waals surface area (Å²) in [6, 6.07) is 6.47. The van der Waals surface area contributed by atoms with Crippen molar-refractivity contribution < 1.29 is 9.13 Å². The molecule has 0 atom stereocenters. The van der Waals surface area contributed by atoms with Crippen molar-refractivity contribution >= 4 is 5.84 Å². The van der Waals surface area contributed by atoms with Gasteiger partial charge >= 0.3 is 0 Å². The quantitative estimate of drug-likeness (QED) is 0.664. The lowest BCUT2D eigenvalue weighted by molar-refractivity contribution is 0.152. The molecular weight excluding hydrogens is 283 g/mol. The van der Waals surface area contributed by atoms with E-state index in [0.717, 1.165) is 38.6 Å². The largest absolute Gasteiger partial charge is 0.489 e. The highest BCUT2D eigenvalue weighted by Crippen LogP contribution is 2.15. The van der Waals surface area contributed by atoms with Gasteiger partial charge in [0.2, 0.25) is 0 Å². The Morgan fingerprint density at radius 2 is 2.00 bits per heavy atom. The number of piperazine rings is 1. The molecular formula is C16H23FN4O. The SMILES string of the molecule is C=C(N)/N=C(\C)N1CCN(CCOc2ccccc2F)CC1. The number of nitrogens with zero attached hydrogens (tertiary/aromatic N) is 3. The van der Waals surface area contributed by atoms with Crippen molar-refractivity contribution in [3.05, 3.63) is 42.5 Å². The van der Waals surface area contributed by atoms with Gasteiger partial charge in [-0.1, -0.05) is 18.7 Å². The van der Waals surface area contributed by atoms with E-state index in [1.165, 1.54) is 6.07 Å². The first-order chi connectivity index (χ1) is 10.6. The predicted molar refractivity (Wildman–Crippen MR) is 86.3 cm³/mol. The molecule has 0 aliphatic carbocycles. The number of benzene rings is 1. The van der Waals surface area contributed by atoms with Crippen LogP contribution >= 0.6 is 0 Å². The maximum Gasteiger partial charge on any atom is 0.165 e. The summed E-state index contributed by atoms with van der Waals surface area (Å²) in [4.78, 5) is 8.66. The molecule has 1 aliphatic heterocycles. The molecule has 0 unspecified atom stereocenters. The molecule has 2 rings (SSSR count). The van der Waals surface area contributed by atoms with E-state index in [9.17, 15) is 4.39 Å². The van der Waals surface area contributed by atoms with E-state index in [1.807, 2.05) is 6.92 Å². The molecule has 1 saturated heterocycles. The van der Waals surface area contributed by atoms with Crippen LogP contribution in [0.3, 0.4) is 0 Å². The van der Waals surface area contributed by atoms with Gasteiger partial charge in [0, 0.05) is 32.7 Å². The van der Waals surface area contributed by atoms with Crippen molar-refractivity contribution in [3.63, 3.8) is 0 Å². The first-order valence-corrected chi connectivity index (χ1v) is 7.40. The second-order valence-electron chi connectivity index (χ2n) is 5.26. The van der Waals surface area contributed by atoms with E-state index in [0.29, 0.717) is 18.2 Å². The smallest absolute Gasteiger partial charge is 0.165 e. The van der Waals surface area contributed by atoms with Gasteiger partial charge in [-0.25, -0.2) is 9.38 Å². The van der Waals surface area contributed by atoms with Crippen LogP contribution in [0.2, 0.25) is 0 Å². The van der Waals surface area contributed by atoms with Gasteiger partial charge in [-0.2, -0.15) is 0 Å². The normalized spacial score (nSPS) is 16.6. The fourth-order valence-corrected chi connectivity index (χ4v) is 2.42. The molecule has 6 heteroatoms. The lowest BCUT2D eigenvalue weighted by Crippen LogP contribution is -2.49. The lowest BCUT2D eigenvalue weighted by Gasteiger charge is -2.35. The maximum absolute atomic E-state index is 13.4. The van der Waals surface area contributed by atoms with Crippen LogP contribution in [-0.2, 0) is 0 Å². The maximum atomic E-state index is 13.4. The van der Waals surface area contributed by atoms with E-state index in [2.05, 4.69) is 21.4 Å². The number of halogens is 1. The van der Waals surface area contributed by atoms with Crippen molar-refractivity contribution in [1.29, 1.82) is 0 Å². The average Bonchev–Trinajstić information content (AvgIpc) is 2.49. The lowest BCUT2D eigenvalue weighted by atomic mass is 10.3. The van der Waals surface area contributed by atoms with Crippen molar-refractivity contribution in [1.82, 2.24) is 9.80 Å². The Hall–Kier alpha value is -2.08. The van der Waals surface area contributed by atoms with E-state index in [1.54, 1.807) is 18.2 Å². The Morgan fingerprint density at radius 1 is 1.32 bits per heavy atom. The van der Waals surface area contributed by atoms with Gasteiger partial charge < -0.3 is 15.4 Å². The second kappa shape index (κ2) is 7.79. The summed E-state index contributed by atoms with van der Waals surface area (Å²) in [5.41, 5.74) is 5.49. The molecule has 1 heterocycles. The van der Waals surface area contributed by atoms with Crippen LogP contribution in [0.15, 0.2) is 41.7 Å². The number of nitrogens with two attached hydrogens (primary N) is 1. The standard InChI is InChI=1S/C16H23FN4O/c1-13(18)19-14(2)21-9-7-20(8-10-21)11-12-22-16-6-4-3-5-15(16)17/h3-6H,1,7-12,18H2,2H3/b19-14+. The average molecular weight is 306 g/mol. The number of hydrogen-bond donors (Lipinski definition) is 1. The number of aliphatic imine (C=N–C) groups is 1. The van der Waals surface area contributed by atoms with Crippen molar-refractivity contribution in [2.24, 2.45) is 10.7 Å². The molecule has 0 amide bonds. The summed E-state index contributed by atoms with van der Waals surface area (Å²) in [6.45, 7) is 10.4. The fraction of sp³-hybridized carbons (Fsp3) is 0.438. The van der Waals surface area contributed by atoms with Crippen molar-refractivity contribution in [3.8, 4) is 5.75 Å². The predicted octanol–water partition coefficient (Wildman–Crippen LogP) is 1.67. The van der Waals surface area contributed by atoms with Gasteiger partial charge in [-0.05, 0) is 19.1 Å². The van der Waals surface area contributed by atoms with Gasteiger partial charge in [0.25, 0.3) is 0 Å². The Labute approximate surface area is 130 Å². The molecule has 2 N–H and O–H groups in total. The molecule has 0 saturated carbocycles. The molecule has 1 aromatic carbocycles. The molecule has 120 valence electrons. The number of ether oxygens (including phenoxy) is 1. The molecule has 22 heavy (non-hydrogen) atoms. The molecule has 1 aliphatic rings. The van der Waals surface area contributed by atoms with E-state index < -0.39 is 0 Å². The van der Waals surface area contributed by atoms with Crippen LogP contribution in [0.5, 0.6) is 5.75 Å².